The Bertz CT molecular complexity index is 429. The summed E-state index contributed by atoms with van der Waals surface area (Å²) < 4.78 is 5.95. The lowest BCUT2D eigenvalue weighted by atomic mass is 9.69. The van der Waals surface area contributed by atoms with Crippen LogP contribution in [0.15, 0.2) is 24.3 Å². The molecule has 0 amide bonds. The summed E-state index contributed by atoms with van der Waals surface area (Å²) in [6, 6.07) is 8.28. The molecule has 2 heteroatoms. The molecule has 0 bridgehead atoms. The van der Waals surface area contributed by atoms with E-state index in [9.17, 15) is 0 Å². The second kappa shape index (κ2) is 5.54. The lowest BCUT2D eigenvalue weighted by Gasteiger charge is -2.41. The smallest absolute Gasteiger partial charge is 0.124 e. The summed E-state index contributed by atoms with van der Waals surface area (Å²) in [5.41, 5.74) is 7.69. The van der Waals surface area contributed by atoms with Gasteiger partial charge < -0.3 is 10.5 Å². The van der Waals surface area contributed by atoms with Gasteiger partial charge in [-0.25, -0.2) is 0 Å². The minimum absolute atomic E-state index is 0.185. The number of hydrogen-bond donors (Lipinski definition) is 1. The largest absolute Gasteiger partial charge is 0.491 e. The van der Waals surface area contributed by atoms with Crippen LogP contribution in [0.3, 0.4) is 0 Å². The molecule has 0 saturated heterocycles. The van der Waals surface area contributed by atoms with Crippen LogP contribution in [0.1, 0.15) is 52.5 Å². The highest BCUT2D eigenvalue weighted by atomic mass is 16.5. The topological polar surface area (TPSA) is 35.2 Å². The molecule has 0 spiro atoms. The summed E-state index contributed by atoms with van der Waals surface area (Å²) >= 11 is 0. The summed E-state index contributed by atoms with van der Waals surface area (Å²) in [6.07, 6.45) is 3.49. The van der Waals surface area contributed by atoms with Gasteiger partial charge in [0.05, 0.1) is 6.10 Å². The molecule has 106 valence electrons. The lowest BCUT2D eigenvalue weighted by molar-refractivity contribution is 0.167. The fraction of sp³-hybridized carbons (Fsp3) is 0.647. The zero-order chi connectivity index (χ0) is 14.0. The first-order chi connectivity index (χ1) is 8.92. The highest BCUT2D eigenvalue weighted by Gasteiger charge is 2.37. The third kappa shape index (κ3) is 3.11. The second-order valence-corrected chi connectivity index (χ2v) is 6.52. The number of para-hydroxylation sites is 1. The summed E-state index contributed by atoms with van der Waals surface area (Å²) in [5.74, 6) is 2.41. The molecule has 0 aromatic heterocycles. The van der Waals surface area contributed by atoms with Gasteiger partial charge in [0.2, 0.25) is 0 Å². The summed E-state index contributed by atoms with van der Waals surface area (Å²) in [7, 11) is 0. The molecular weight excluding hydrogens is 234 g/mol. The normalized spacial score (nSPS) is 31.5. The zero-order valence-corrected chi connectivity index (χ0v) is 12.6. The van der Waals surface area contributed by atoms with Crippen molar-refractivity contribution in [2.45, 2.75) is 58.6 Å². The first-order valence-corrected chi connectivity index (χ1v) is 7.47. The van der Waals surface area contributed by atoms with Crippen molar-refractivity contribution in [2.75, 3.05) is 0 Å². The number of benzene rings is 1. The van der Waals surface area contributed by atoms with Crippen LogP contribution in [0, 0.1) is 11.8 Å². The Labute approximate surface area is 117 Å². The molecule has 3 atom stereocenters. The van der Waals surface area contributed by atoms with Crippen LogP contribution < -0.4 is 10.5 Å². The van der Waals surface area contributed by atoms with Crippen molar-refractivity contribution < 1.29 is 4.74 Å². The molecule has 2 rings (SSSR count). The zero-order valence-electron chi connectivity index (χ0n) is 12.6. The first kappa shape index (κ1) is 14.4. The molecule has 0 aliphatic heterocycles. The third-order valence-electron chi connectivity index (χ3n) is 4.49. The molecule has 1 fully saturated rings. The summed E-state index contributed by atoms with van der Waals surface area (Å²) in [6.45, 7) is 8.77. The SMILES string of the molecule is CC(C)Oc1ccccc1C1(N)CCC(C)C(C)C1. The number of hydrogen-bond acceptors (Lipinski definition) is 2. The van der Waals surface area contributed by atoms with Gasteiger partial charge in [-0.05, 0) is 51.0 Å². The van der Waals surface area contributed by atoms with Crippen molar-refractivity contribution in [1.82, 2.24) is 0 Å². The van der Waals surface area contributed by atoms with Crippen molar-refractivity contribution in [2.24, 2.45) is 17.6 Å². The van der Waals surface area contributed by atoms with Crippen LogP contribution in [0.5, 0.6) is 5.75 Å². The van der Waals surface area contributed by atoms with Gasteiger partial charge in [-0.1, -0.05) is 32.0 Å². The fourth-order valence-corrected chi connectivity index (χ4v) is 3.13. The van der Waals surface area contributed by atoms with Gasteiger partial charge in [-0.3, -0.25) is 0 Å². The number of ether oxygens (including phenoxy) is 1. The standard InChI is InChI=1S/C17H27NO/c1-12(2)19-16-8-6-5-7-15(16)17(18)10-9-13(3)14(4)11-17/h5-8,12-14H,9-11,18H2,1-4H3. The Morgan fingerprint density at radius 2 is 1.89 bits per heavy atom. The van der Waals surface area contributed by atoms with E-state index in [1.165, 1.54) is 12.0 Å². The van der Waals surface area contributed by atoms with E-state index in [0.717, 1.165) is 24.5 Å². The second-order valence-electron chi connectivity index (χ2n) is 6.52. The van der Waals surface area contributed by atoms with Crippen molar-refractivity contribution >= 4 is 0 Å². The van der Waals surface area contributed by atoms with Gasteiger partial charge in [0, 0.05) is 11.1 Å². The Hall–Kier alpha value is -1.02. The van der Waals surface area contributed by atoms with E-state index >= 15 is 0 Å². The van der Waals surface area contributed by atoms with Crippen molar-refractivity contribution in [1.29, 1.82) is 0 Å². The molecule has 0 radical (unpaired) electrons. The van der Waals surface area contributed by atoms with Crippen LogP contribution in [-0.4, -0.2) is 6.10 Å². The van der Waals surface area contributed by atoms with Gasteiger partial charge in [-0.15, -0.1) is 0 Å². The molecule has 2 N–H and O–H groups in total. The van der Waals surface area contributed by atoms with E-state index in [-0.39, 0.29) is 11.6 Å². The minimum atomic E-state index is -0.225. The Balaban J connectivity index is 2.30. The molecule has 3 unspecified atom stereocenters. The molecule has 1 aliphatic carbocycles. The maximum atomic E-state index is 6.73. The van der Waals surface area contributed by atoms with Crippen LogP contribution in [0.25, 0.3) is 0 Å². The van der Waals surface area contributed by atoms with Crippen molar-refractivity contribution in [3.05, 3.63) is 29.8 Å². The van der Waals surface area contributed by atoms with E-state index in [1.807, 2.05) is 12.1 Å². The van der Waals surface area contributed by atoms with Crippen LogP contribution in [0.2, 0.25) is 0 Å². The fourth-order valence-electron chi connectivity index (χ4n) is 3.13. The quantitative estimate of drug-likeness (QED) is 0.889. The third-order valence-corrected chi connectivity index (χ3v) is 4.49. The Morgan fingerprint density at radius 3 is 2.53 bits per heavy atom. The number of rotatable bonds is 3. The highest BCUT2D eigenvalue weighted by Crippen LogP contribution is 2.43. The molecule has 1 aliphatic rings. The molecule has 1 saturated carbocycles. The molecule has 1 aromatic rings. The van der Waals surface area contributed by atoms with Crippen molar-refractivity contribution in [3.8, 4) is 5.75 Å². The van der Waals surface area contributed by atoms with Crippen LogP contribution in [0.4, 0.5) is 0 Å². The van der Waals surface area contributed by atoms with Gasteiger partial charge in [0.15, 0.2) is 0 Å². The summed E-state index contributed by atoms with van der Waals surface area (Å²) in [5, 5.41) is 0. The highest BCUT2D eigenvalue weighted by molar-refractivity contribution is 5.39. The first-order valence-electron chi connectivity index (χ1n) is 7.47. The van der Waals surface area contributed by atoms with E-state index in [0.29, 0.717) is 5.92 Å². The van der Waals surface area contributed by atoms with Gasteiger partial charge in [0.25, 0.3) is 0 Å². The molecular formula is C17H27NO. The van der Waals surface area contributed by atoms with Gasteiger partial charge in [-0.2, -0.15) is 0 Å². The van der Waals surface area contributed by atoms with Crippen molar-refractivity contribution in [3.63, 3.8) is 0 Å². The predicted molar refractivity (Wildman–Crippen MR) is 80.3 cm³/mol. The lowest BCUT2D eigenvalue weighted by Crippen LogP contribution is -2.43. The van der Waals surface area contributed by atoms with E-state index in [1.54, 1.807) is 0 Å². The average molecular weight is 261 g/mol. The van der Waals surface area contributed by atoms with E-state index < -0.39 is 0 Å². The maximum absolute atomic E-state index is 6.73. The molecule has 19 heavy (non-hydrogen) atoms. The minimum Gasteiger partial charge on any atom is -0.491 e. The van der Waals surface area contributed by atoms with E-state index in [4.69, 9.17) is 10.5 Å². The van der Waals surface area contributed by atoms with Crippen LogP contribution >= 0.6 is 0 Å². The maximum Gasteiger partial charge on any atom is 0.124 e. The van der Waals surface area contributed by atoms with Crippen LogP contribution in [-0.2, 0) is 5.54 Å². The van der Waals surface area contributed by atoms with Gasteiger partial charge in [0.1, 0.15) is 5.75 Å². The molecule has 1 aromatic carbocycles. The molecule has 2 nitrogen and oxygen atoms in total. The Morgan fingerprint density at radius 1 is 1.21 bits per heavy atom. The molecule has 0 heterocycles. The van der Waals surface area contributed by atoms with E-state index in [2.05, 4.69) is 39.8 Å². The predicted octanol–water partition coefficient (Wildman–Crippen LogP) is 4.08. The monoisotopic (exact) mass is 261 g/mol. The average Bonchev–Trinajstić information content (AvgIpc) is 2.34. The summed E-state index contributed by atoms with van der Waals surface area (Å²) in [4.78, 5) is 0. The number of nitrogens with two attached hydrogens (primary N) is 1. The van der Waals surface area contributed by atoms with Gasteiger partial charge >= 0.3 is 0 Å². The Kier molecular flexibility index (Phi) is 4.19.